The van der Waals surface area contributed by atoms with Gasteiger partial charge in [0.1, 0.15) is 0 Å². The molecule has 1 atom stereocenters. The Morgan fingerprint density at radius 2 is 2.05 bits per heavy atom. The zero-order valence-corrected chi connectivity index (χ0v) is 9.92. The molecular formula is C14H11NO4. The van der Waals surface area contributed by atoms with Crippen molar-refractivity contribution >= 4 is 17.4 Å². The second-order valence-corrected chi connectivity index (χ2v) is 4.44. The first kappa shape index (κ1) is 11.7. The van der Waals surface area contributed by atoms with Crippen molar-refractivity contribution in [1.82, 2.24) is 0 Å². The lowest BCUT2D eigenvalue weighted by Gasteiger charge is -2.19. The third-order valence-electron chi connectivity index (χ3n) is 3.21. The van der Waals surface area contributed by atoms with Crippen LogP contribution in [0.2, 0.25) is 0 Å². The van der Waals surface area contributed by atoms with E-state index >= 15 is 0 Å². The second kappa shape index (κ2) is 4.07. The lowest BCUT2D eigenvalue weighted by atomic mass is 9.89. The van der Waals surface area contributed by atoms with Gasteiger partial charge in [0.15, 0.2) is 11.4 Å². The Balaban J connectivity index is 1.95. The van der Waals surface area contributed by atoms with Crippen LogP contribution in [0.25, 0.3) is 0 Å². The number of carbonyl (C=O) groups excluding carboxylic acids is 2. The predicted octanol–water partition coefficient (Wildman–Crippen LogP) is 1.69. The molecule has 1 amide bonds. The quantitative estimate of drug-likeness (QED) is 0.820. The van der Waals surface area contributed by atoms with Crippen molar-refractivity contribution in [1.29, 1.82) is 0 Å². The fourth-order valence-corrected chi connectivity index (χ4v) is 2.23. The molecule has 0 saturated carbocycles. The molecule has 2 N–H and O–H groups in total. The molecule has 2 heterocycles. The Morgan fingerprint density at radius 3 is 2.79 bits per heavy atom. The van der Waals surface area contributed by atoms with E-state index in [9.17, 15) is 14.7 Å². The third kappa shape index (κ3) is 1.75. The topological polar surface area (TPSA) is 79.5 Å². The van der Waals surface area contributed by atoms with Crippen LogP contribution in [0.3, 0.4) is 0 Å². The van der Waals surface area contributed by atoms with Crippen LogP contribution in [-0.4, -0.2) is 16.8 Å². The first-order chi connectivity index (χ1) is 9.11. The fourth-order valence-electron chi connectivity index (χ4n) is 2.23. The van der Waals surface area contributed by atoms with E-state index in [-0.39, 0.29) is 12.2 Å². The fraction of sp³-hybridized carbons (Fsp3) is 0.143. The number of benzene rings is 1. The maximum absolute atomic E-state index is 12.0. The molecule has 5 heteroatoms. The van der Waals surface area contributed by atoms with E-state index in [1.54, 1.807) is 30.3 Å². The molecule has 1 unspecified atom stereocenters. The smallest absolute Gasteiger partial charge is 0.261 e. The Labute approximate surface area is 108 Å². The molecule has 0 spiro atoms. The van der Waals surface area contributed by atoms with Crippen LogP contribution in [0.5, 0.6) is 0 Å². The van der Waals surface area contributed by atoms with Crippen LogP contribution in [0.4, 0.5) is 5.69 Å². The van der Waals surface area contributed by atoms with E-state index in [0.29, 0.717) is 11.3 Å². The van der Waals surface area contributed by atoms with Gasteiger partial charge < -0.3 is 14.8 Å². The molecular weight excluding hydrogens is 246 g/mol. The van der Waals surface area contributed by atoms with Gasteiger partial charge in [0.2, 0.25) is 5.78 Å². The number of para-hydroxylation sites is 1. The van der Waals surface area contributed by atoms with Gasteiger partial charge in [0, 0.05) is 11.3 Å². The number of hydrogen-bond donors (Lipinski definition) is 2. The Morgan fingerprint density at radius 1 is 1.26 bits per heavy atom. The van der Waals surface area contributed by atoms with Crippen molar-refractivity contribution in [3.05, 3.63) is 54.0 Å². The van der Waals surface area contributed by atoms with E-state index in [2.05, 4.69) is 5.32 Å². The number of Topliss-reactive ketones (excluding diaryl/α,β-unsaturated/α-hetero) is 1. The number of furan rings is 1. The molecule has 0 fully saturated rings. The lowest BCUT2D eigenvalue weighted by Crippen LogP contribution is -2.36. The maximum atomic E-state index is 12.0. The summed E-state index contributed by atoms with van der Waals surface area (Å²) < 4.78 is 4.98. The highest BCUT2D eigenvalue weighted by molar-refractivity contribution is 6.08. The van der Waals surface area contributed by atoms with Crippen LogP contribution in [0.1, 0.15) is 22.5 Å². The number of rotatable bonds is 3. The lowest BCUT2D eigenvalue weighted by molar-refractivity contribution is -0.133. The molecule has 0 radical (unpaired) electrons. The molecule has 5 nitrogen and oxygen atoms in total. The van der Waals surface area contributed by atoms with Crippen molar-refractivity contribution in [3.8, 4) is 0 Å². The highest BCUT2D eigenvalue weighted by Crippen LogP contribution is 2.38. The number of carbonyl (C=O) groups is 2. The molecule has 96 valence electrons. The summed E-state index contributed by atoms with van der Waals surface area (Å²) in [5, 5.41) is 13.1. The molecule has 0 bridgehead atoms. The first-order valence-electron chi connectivity index (χ1n) is 5.81. The minimum absolute atomic E-state index is 0.130. The zero-order valence-electron chi connectivity index (χ0n) is 9.92. The van der Waals surface area contributed by atoms with E-state index in [0.717, 1.165) is 0 Å². The normalized spacial score (nSPS) is 21.0. The van der Waals surface area contributed by atoms with Gasteiger partial charge >= 0.3 is 0 Å². The van der Waals surface area contributed by atoms with E-state index < -0.39 is 17.3 Å². The average molecular weight is 257 g/mol. The van der Waals surface area contributed by atoms with E-state index in [1.165, 1.54) is 12.3 Å². The van der Waals surface area contributed by atoms with Crippen molar-refractivity contribution in [3.63, 3.8) is 0 Å². The average Bonchev–Trinajstić information content (AvgIpc) is 2.99. The Bertz CT molecular complexity index is 647. The summed E-state index contributed by atoms with van der Waals surface area (Å²) in [6, 6.07) is 9.86. The Hall–Kier alpha value is -2.40. The van der Waals surface area contributed by atoms with Crippen LogP contribution < -0.4 is 5.32 Å². The Kier molecular flexibility index (Phi) is 2.50. The van der Waals surface area contributed by atoms with E-state index in [4.69, 9.17) is 4.42 Å². The highest BCUT2D eigenvalue weighted by Gasteiger charge is 2.46. The van der Waals surface area contributed by atoms with Crippen LogP contribution >= 0.6 is 0 Å². The molecule has 1 aliphatic rings. The largest absolute Gasteiger partial charge is 0.461 e. The standard InChI is InChI=1S/C14H11NO4/c16-11(12-6-3-7-19-12)8-14(18)9-4-1-2-5-10(9)15-13(14)17/h1-7,18H,8H2,(H,15,17). The predicted molar refractivity (Wildman–Crippen MR) is 66.6 cm³/mol. The molecule has 0 saturated heterocycles. The van der Waals surface area contributed by atoms with Gasteiger partial charge in [-0.2, -0.15) is 0 Å². The van der Waals surface area contributed by atoms with E-state index in [1.807, 2.05) is 0 Å². The summed E-state index contributed by atoms with van der Waals surface area (Å²) in [7, 11) is 0. The summed E-state index contributed by atoms with van der Waals surface area (Å²) in [4.78, 5) is 23.9. The molecule has 19 heavy (non-hydrogen) atoms. The SMILES string of the molecule is O=C(CC1(O)C(=O)Nc2ccccc21)c1ccco1. The number of hydrogen-bond acceptors (Lipinski definition) is 4. The van der Waals surface area contributed by atoms with Crippen LogP contribution in [0.15, 0.2) is 47.1 Å². The first-order valence-corrected chi connectivity index (χ1v) is 5.81. The zero-order chi connectivity index (χ0) is 13.5. The van der Waals surface area contributed by atoms with Crippen LogP contribution in [0, 0.1) is 0 Å². The van der Waals surface area contributed by atoms with Crippen molar-refractivity contribution < 1.29 is 19.1 Å². The maximum Gasteiger partial charge on any atom is 0.261 e. The van der Waals surface area contributed by atoms with Gasteiger partial charge in [-0.1, -0.05) is 18.2 Å². The molecule has 1 aromatic heterocycles. The van der Waals surface area contributed by atoms with Crippen molar-refractivity contribution in [2.75, 3.05) is 5.32 Å². The number of nitrogens with one attached hydrogen (secondary N) is 1. The summed E-state index contributed by atoms with van der Waals surface area (Å²) in [6.07, 6.45) is 1.03. The van der Waals surface area contributed by atoms with Gasteiger partial charge in [-0.15, -0.1) is 0 Å². The van der Waals surface area contributed by atoms with Gasteiger partial charge in [-0.05, 0) is 18.2 Å². The number of ketones is 1. The van der Waals surface area contributed by atoms with Gasteiger partial charge in [-0.3, -0.25) is 9.59 Å². The minimum Gasteiger partial charge on any atom is -0.461 e. The van der Waals surface area contributed by atoms with Gasteiger partial charge in [0.05, 0.1) is 12.7 Å². The summed E-state index contributed by atoms with van der Waals surface area (Å²) >= 11 is 0. The summed E-state index contributed by atoms with van der Waals surface area (Å²) in [6.45, 7) is 0. The molecule has 0 aliphatic carbocycles. The number of amides is 1. The summed E-state index contributed by atoms with van der Waals surface area (Å²) in [5.41, 5.74) is -0.886. The number of aliphatic hydroxyl groups is 1. The van der Waals surface area contributed by atoms with Crippen molar-refractivity contribution in [2.45, 2.75) is 12.0 Å². The van der Waals surface area contributed by atoms with Gasteiger partial charge in [-0.25, -0.2) is 0 Å². The van der Waals surface area contributed by atoms with Crippen molar-refractivity contribution in [2.24, 2.45) is 0 Å². The number of fused-ring (bicyclic) bond motifs is 1. The molecule has 1 aromatic carbocycles. The number of anilines is 1. The highest BCUT2D eigenvalue weighted by atomic mass is 16.3. The third-order valence-corrected chi connectivity index (χ3v) is 3.21. The van der Waals surface area contributed by atoms with Crippen LogP contribution in [-0.2, 0) is 10.4 Å². The molecule has 3 rings (SSSR count). The summed E-state index contributed by atoms with van der Waals surface area (Å²) in [5.74, 6) is -0.876. The van der Waals surface area contributed by atoms with Gasteiger partial charge in [0.25, 0.3) is 5.91 Å². The molecule has 1 aliphatic heterocycles. The second-order valence-electron chi connectivity index (χ2n) is 4.44. The minimum atomic E-state index is -1.83. The molecule has 2 aromatic rings. The monoisotopic (exact) mass is 257 g/mol.